The van der Waals surface area contributed by atoms with Crippen molar-refractivity contribution in [2.24, 2.45) is 5.92 Å². The second-order valence-corrected chi connectivity index (χ2v) is 6.19. The second-order valence-electron chi connectivity index (χ2n) is 6.19. The summed E-state index contributed by atoms with van der Waals surface area (Å²) in [5, 5.41) is 6.01. The standard InChI is InChI=1S/C20H26N2O2/c1-16(2)12-13-24-19-10-8-18(9-11-19)22-20(23)15-21-14-17-6-4-3-5-7-17/h3-11,16,21H,12-15H2,1-2H3,(H,22,23). The van der Waals surface area contributed by atoms with Gasteiger partial charge in [0.1, 0.15) is 5.75 Å². The Kier molecular flexibility index (Phi) is 7.30. The maximum absolute atomic E-state index is 11.9. The molecule has 4 nitrogen and oxygen atoms in total. The highest BCUT2D eigenvalue weighted by atomic mass is 16.5. The Hall–Kier alpha value is -2.33. The molecule has 2 aromatic carbocycles. The molecule has 0 bridgehead atoms. The summed E-state index contributed by atoms with van der Waals surface area (Å²) in [5.41, 5.74) is 1.94. The zero-order valence-corrected chi connectivity index (χ0v) is 14.4. The largest absolute Gasteiger partial charge is 0.494 e. The van der Waals surface area contributed by atoms with Crippen LogP contribution < -0.4 is 15.4 Å². The van der Waals surface area contributed by atoms with E-state index in [9.17, 15) is 4.79 Å². The van der Waals surface area contributed by atoms with Gasteiger partial charge in [0.2, 0.25) is 5.91 Å². The highest BCUT2D eigenvalue weighted by Crippen LogP contribution is 2.16. The van der Waals surface area contributed by atoms with Gasteiger partial charge in [-0.15, -0.1) is 0 Å². The van der Waals surface area contributed by atoms with Crippen molar-refractivity contribution >= 4 is 11.6 Å². The van der Waals surface area contributed by atoms with Crippen LogP contribution in [0.1, 0.15) is 25.8 Å². The van der Waals surface area contributed by atoms with Crippen LogP contribution >= 0.6 is 0 Å². The summed E-state index contributed by atoms with van der Waals surface area (Å²) >= 11 is 0. The number of nitrogens with one attached hydrogen (secondary N) is 2. The summed E-state index contributed by atoms with van der Waals surface area (Å²) in [6.07, 6.45) is 1.03. The van der Waals surface area contributed by atoms with Gasteiger partial charge in [0.25, 0.3) is 0 Å². The number of hydrogen-bond acceptors (Lipinski definition) is 3. The predicted octanol–water partition coefficient (Wildman–Crippen LogP) is 3.84. The van der Waals surface area contributed by atoms with Crippen molar-refractivity contribution in [2.75, 3.05) is 18.5 Å². The highest BCUT2D eigenvalue weighted by Gasteiger charge is 2.03. The molecule has 0 aliphatic heterocycles. The van der Waals surface area contributed by atoms with E-state index >= 15 is 0 Å². The number of rotatable bonds is 9. The van der Waals surface area contributed by atoms with Crippen LogP contribution in [0.25, 0.3) is 0 Å². The van der Waals surface area contributed by atoms with Crippen LogP contribution in [0.4, 0.5) is 5.69 Å². The molecule has 0 unspecified atom stereocenters. The molecule has 24 heavy (non-hydrogen) atoms. The quantitative estimate of drug-likeness (QED) is 0.736. The molecule has 0 saturated carbocycles. The molecule has 0 saturated heterocycles. The molecular formula is C20H26N2O2. The third-order valence-corrected chi connectivity index (χ3v) is 3.56. The molecule has 0 spiro atoms. The number of anilines is 1. The van der Waals surface area contributed by atoms with Crippen molar-refractivity contribution in [2.45, 2.75) is 26.8 Å². The molecule has 0 aliphatic carbocycles. The Labute approximate surface area is 144 Å². The Morgan fingerprint density at radius 2 is 1.75 bits per heavy atom. The molecular weight excluding hydrogens is 300 g/mol. The van der Waals surface area contributed by atoms with E-state index in [2.05, 4.69) is 24.5 Å². The molecule has 1 amide bonds. The van der Waals surface area contributed by atoms with E-state index < -0.39 is 0 Å². The molecule has 2 aromatic rings. The summed E-state index contributed by atoms with van der Waals surface area (Å²) in [6, 6.07) is 17.5. The number of carbonyl (C=O) groups excluding carboxylic acids is 1. The normalized spacial score (nSPS) is 10.6. The van der Waals surface area contributed by atoms with Gasteiger partial charge >= 0.3 is 0 Å². The monoisotopic (exact) mass is 326 g/mol. The van der Waals surface area contributed by atoms with Gasteiger partial charge < -0.3 is 15.4 Å². The molecule has 128 valence electrons. The van der Waals surface area contributed by atoms with E-state index in [-0.39, 0.29) is 12.5 Å². The Balaban J connectivity index is 1.69. The minimum atomic E-state index is -0.0561. The second kappa shape index (κ2) is 9.73. The van der Waals surface area contributed by atoms with Crippen LogP contribution in [0, 0.1) is 5.92 Å². The van der Waals surface area contributed by atoms with E-state index in [1.54, 1.807) is 0 Å². The molecule has 2 N–H and O–H groups in total. The van der Waals surface area contributed by atoms with Crippen molar-refractivity contribution in [1.29, 1.82) is 0 Å². The molecule has 4 heteroatoms. The third-order valence-electron chi connectivity index (χ3n) is 3.56. The van der Waals surface area contributed by atoms with E-state index in [1.165, 1.54) is 0 Å². The third kappa shape index (κ3) is 6.84. The topological polar surface area (TPSA) is 50.4 Å². The maximum atomic E-state index is 11.9. The van der Waals surface area contributed by atoms with Gasteiger partial charge in [-0.05, 0) is 42.2 Å². The van der Waals surface area contributed by atoms with Crippen LogP contribution in [0.5, 0.6) is 5.75 Å². The van der Waals surface area contributed by atoms with Crippen molar-refractivity contribution < 1.29 is 9.53 Å². The number of amides is 1. The van der Waals surface area contributed by atoms with Crippen molar-refractivity contribution in [3.8, 4) is 5.75 Å². The molecule has 0 fully saturated rings. The first-order valence-electron chi connectivity index (χ1n) is 8.41. The van der Waals surface area contributed by atoms with Crippen molar-refractivity contribution in [3.05, 3.63) is 60.2 Å². The first-order chi connectivity index (χ1) is 11.6. The van der Waals surface area contributed by atoms with Crippen LogP contribution in [-0.2, 0) is 11.3 Å². The Morgan fingerprint density at radius 1 is 1.04 bits per heavy atom. The van der Waals surface area contributed by atoms with Gasteiger partial charge in [-0.25, -0.2) is 0 Å². The summed E-state index contributed by atoms with van der Waals surface area (Å²) in [5.74, 6) is 1.40. The summed E-state index contributed by atoms with van der Waals surface area (Å²) in [7, 11) is 0. The first kappa shape index (κ1) is 18.0. The lowest BCUT2D eigenvalue weighted by Gasteiger charge is -2.10. The maximum Gasteiger partial charge on any atom is 0.238 e. The summed E-state index contributed by atoms with van der Waals surface area (Å²) in [6.45, 7) is 6.02. The number of benzene rings is 2. The van der Waals surface area contributed by atoms with Gasteiger partial charge in [-0.1, -0.05) is 44.2 Å². The minimum Gasteiger partial charge on any atom is -0.494 e. The lowest BCUT2D eigenvalue weighted by Crippen LogP contribution is -2.27. The molecule has 0 aliphatic rings. The molecule has 0 atom stereocenters. The summed E-state index contributed by atoms with van der Waals surface area (Å²) in [4.78, 5) is 11.9. The summed E-state index contributed by atoms with van der Waals surface area (Å²) < 4.78 is 5.67. The Bertz CT molecular complexity index is 609. The highest BCUT2D eigenvalue weighted by molar-refractivity contribution is 5.92. The van der Waals surface area contributed by atoms with Gasteiger partial charge in [0, 0.05) is 12.2 Å². The van der Waals surface area contributed by atoms with Crippen molar-refractivity contribution in [3.63, 3.8) is 0 Å². The average molecular weight is 326 g/mol. The van der Waals surface area contributed by atoms with Crippen LogP contribution in [-0.4, -0.2) is 19.1 Å². The number of hydrogen-bond donors (Lipinski definition) is 2. The molecule has 0 radical (unpaired) electrons. The fourth-order valence-corrected chi connectivity index (χ4v) is 2.17. The first-order valence-corrected chi connectivity index (χ1v) is 8.41. The number of ether oxygens (including phenoxy) is 1. The molecule has 0 aromatic heterocycles. The fraction of sp³-hybridized carbons (Fsp3) is 0.350. The Morgan fingerprint density at radius 3 is 2.42 bits per heavy atom. The van der Waals surface area contributed by atoms with Crippen molar-refractivity contribution in [1.82, 2.24) is 5.32 Å². The van der Waals surface area contributed by atoms with Gasteiger partial charge in [0.05, 0.1) is 13.2 Å². The van der Waals surface area contributed by atoms with Gasteiger partial charge in [0.15, 0.2) is 0 Å². The van der Waals surface area contributed by atoms with Crippen LogP contribution in [0.3, 0.4) is 0 Å². The van der Waals surface area contributed by atoms with E-state index in [1.807, 2.05) is 54.6 Å². The fourth-order valence-electron chi connectivity index (χ4n) is 2.17. The van der Waals surface area contributed by atoms with Crippen LogP contribution in [0.15, 0.2) is 54.6 Å². The lowest BCUT2D eigenvalue weighted by molar-refractivity contribution is -0.115. The zero-order chi connectivity index (χ0) is 17.2. The lowest BCUT2D eigenvalue weighted by atomic mass is 10.1. The zero-order valence-electron chi connectivity index (χ0n) is 14.4. The van der Waals surface area contributed by atoms with E-state index in [4.69, 9.17) is 4.74 Å². The SMILES string of the molecule is CC(C)CCOc1ccc(NC(=O)CNCc2ccccc2)cc1. The van der Waals surface area contributed by atoms with E-state index in [0.29, 0.717) is 19.1 Å². The molecule has 2 rings (SSSR count). The number of carbonyl (C=O) groups is 1. The van der Waals surface area contributed by atoms with Gasteiger partial charge in [-0.3, -0.25) is 4.79 Å². The van der Waals surface area contributed by atoms with Crippen LogP contribution in [0.2, 0.25) is 0 Å². The van der Waals surface area contributed by atoms with Gasteiger partial charge in [-0.2, -0.15) is 0 Å². The predicted molar refractivity (Wildman–Crippen MR) is 98.2 cm³/mol. The smallest absolute Gasteiger partial charge is 0.238 e. The van der Waals surface area contributed by atoms with E-state index in [0.717, 1.165) is 23.4 Å². The minimum absolute atomic E-state index is 0.0561. The molecule has 0 heterocycles. The average Bonchev–Trinajstić information content (AvgIpc) is 2.57.